The number of hydrogen-bond acceptors (Lipinski definition) is 4. The molecule has 0 saturated carbocycles. The molecular formula is C18H23N3O2. The minimum absolute atomic E-state index is 0.0156. The van der Waals surface area contributed by atoms with Crippen molar-refractivity contribution in [2.24, 2.45) is 0 Å². The average Bonchev–Trinajstić information content (AvgIpc) is 3.12. The lowest BCUT2D eigenvalue weighted by atomic mass is 9.96. The van der Waals surface area contributed by atoms with E-state index in [0.29, 0.717) is 24.7 Å². The molecule has 0 radical (unpaired) electrons. The average molecular weight is 313 g/mol. The minimum Gasteiger partial charge on any atom is -0.342 e. The van der Waals surface area contributed by atoms with Crippen LogP contribution in [0.25, 0.3) is 0 Å². The number of amides is 1. The van der Waals surface area contributed by atoms with Crippen molar-refractivity contribution >= 4 is 5.91 Å². The van der Waals surface area contributed by atoms with Crippen molar-refractivity contribution in [2.75, 3.05) is 13.1 Å². The van der Waals surface area contributed by atoms with Gasteiger partial charge in [0.25, 0.3) is 0 Å². The Labute approximate surface area is 136 Å². The Bertz CT molecular complexity index is 673. The summed E-state index contributed by atoms with van der Waals surface area (Å²) in [4.78, 5) is 18.6. The second-order valence-electron chi connectivity index (χ2n) is 7.18. The van der Waals surface area contributed by atoms with Gasteiger partial charge < -0.3 is 9.42 Å². The third-order valence-corrected chi connectivity index (χ3v) is 4.19. The van der Waals surface area contributed by atoms with E-state index in [0.717, 1.165) is 13.0 Å². The number of benzene rings is 1. The Morgan fingerprint density at radius 1 is 1.26 bits per heavy atom. The lowest BCUT2D eigenvalue weighted by Gasteiger charge is -2.15. The van der Waals surface area contributed by atoms with Crippen molar-refractivity contribution in [1.29, 1.82) is 0 Å². The van der Waals surface area contributed by atoms with E-state index in [9.17, 15) is 4.79 Å². The van der Waals surface area contributed by atoms with Crippen molar-refractivity contribution in [2.45, 2.75) is 44.9 Å². The smallest absolute Gasteiger partial charge is 0.232 e. The number of carbonyl (C=O) groups is 1. The molecule has 1 atom stereocenters. The van der Waals surface area contributed by atoms with Crippen LogP contribution in [0.4, 0.5) is 0 Å². The Morgan fingerprint density at radius 3 is 2.65 bits per heavy atom. The molecule has 0 aliphatic carbocycles. The van der Waals surface area contributed by atoms with E-state index in [4.69, 9.17) is 4.52 Å². The van der Waals surface area contributed by atoms with Crippen molar-refractivity contribution in [3.8, 4) is 0 Å². The molecule has 0 N–H and O–H groups in total. The standard InChI is InChI=1S/C18H23N3O2/c1-18(2,3)17-19-16(23-20-17)14-11-15(22)21(12-14)10-9-13-7-5-4-6-8-13/h4-8,14H,9-12H2,1-3H3. The van der Waals surface area contributed by atoms with Crippen LogP contribution in [0.1, 0.15) is 50.4 Å². The predicted molar refractivity (Wildman–Crippen MR) is 87.1 cm³/mol. The van der Waals surface area contributed by atoms with Gasteiger partial charge in [-0.2, -0.15) is 4.98 Å². The van der Waals surface area contributed by atoms with E-state index in [-0.39, 0.29) is 17.2 Å². The molecule has 1 aliphatic rings. The lowest BCUT2D eigenvalue weighted by molar-refractivity contribution is -0.127. The Hall–Kier alpha value is -2.17. The molecule has 1 saturated heterocycles. The van der Waals surface area contributed by atoms with Gasteiger partial charge in [0, 0.05) is 24.9 Å². The van der Waals surface area contributed by atoms with Crippen LogP contribution >= 0.6 is 0 Å². The number of hydrogen-bond donors (Lipinski definition) is 0. The Morgan fingerprint density at radius 2 is 2.00 bits per heavy atom. The lowest BCUT2D eigenvalue weighted by Crippen LogP contribution is -2.27. The molecule has 122 valence electrons. The number of rotatable bonds is 4. The molecular weight excluding hydrogens is 290 g/mol. The molecule has 5 heteroatoms. The van der Waals surface area contributed by atoms with Gasteiger partial charge in [-0.3, -0.25) is 4.79 Å². The number of likely N-dealkylation sites (tertiary alicyclic amines) is 1. The zero-order chi connectivity index (χ0) is 16.4. The fourth-order valence-electron chi connectivity index (χ4n) is 2.77. The third kappa shape index (κ3) is 3.60. The van der Waals surface area contributed by atoms with Crippen LogP contribution in [0.3, 0.4) is 0 Å². The maximum Gasteiger partial charge on any atom is 0.232 e. The van der Waals surface area contributed by atoms with Crippen molar-refractivity contribution in [3.05, 3.63) is 47.6 Å². The molecule has 1 fully saturated rings. The predicted octanol–water partition coefficient (Wildman–Crippen LogP) is 2.93. The van der Waals surface area contributed by atoms with Gasteiger partial charge >= 0.3 is 0 Å². The molecule has 1 aromatic carbocycles. The summed E-state index contributed by atoms with van der Waals surface area (Å²) < 4.78 is 5.39. The molecule has 3 rings (SSSR count). The maximum absolute atomic E-state index is 12.2. The summed E-state index contributed by atoms with van der Waals surface area (Å²) in [6.45, 7) is 7.55. The molecule has 2 heterocycles. The highest BCUT2D eigenvalue weighted by Crippen LogP contribution is 2.29. The highest BCUT2D eigenvalue weighted by atomic mass is 16.5. The summed E-state index contributed by atoms with van der Waals surface area (Å²) >= 11 is 0. The minimum atomic E-state index is -0.142. The summed E-state index contributed by atoms with van der Waals surface area (Å²) in [5, 5.41) is 4.06. The zero-order valence-corrected chi connectivity index (χ0v) is 14.0. The molecule has 1 amide bonds. The van der Waals surface area contributed by atoms with Gasteiger partial charge in [0.05, 0.1) is 5.92 Å². The van der Waals surface area contributed by atoms with Gasteiger partial charge in [0.1, 0.15) is 0 Å². The van der Waals surface area contributed by atoms with E-state index < -0.39 is 0 Å². The number of aromatic nitrogens is 2. The van der Waals surface area contributed by atoms with E-state index in [1.807, 2.05) is 43.9 Å². The monoisotopic (exact) mass is 313 g/mol. The molecule has 1 aromatic heterocycles. The first-order valence-electron chi connectivity index (χ1n) is 8.09. The van der Waals surface area contributed by atoms with Crippen molar-refractivity contribution < 1.29 is 9.32 Å². The largest absolute Gasteiger partial charge is 0.342 e. The Kier molecular flexibility index (Phi) is 4.20. The summed E-state index contributed by atoms with van der Waals surface area (Å²) in [6.07, 6.45) is 1.33. The SMILES string of the molecule is CC(C)(C)c1noc(C2CC(=O)N(CCc3ccccc3)C2)n1. The van der Waals surface area contributed by atoms with Gasteiger partial charge in [-0.15, -0.1) is 0 Å². The fourth-order valence-corrected chi connectivity index (χ4v) is 2.77. The van der Waals surface area contributed by atoms with Gasteiger partial charge in [-0.25, -0.2) is 0 Å². The third-order valence-electron chi connectivity index (χ3n) is 4.19. The molecule has 1 unspecified atom stereocenters. The molecule has 0 bridgehead atoms. The molecule has 0 spiro atoms. The van der Waals surface area contributed by atoms with Crippen LogP contribution in [-0.2, 0) is 16.6 Å². The molecule has 23 heavy (non-hydrogen) atoms. The number of nitrogens with zero attached hydrogens (tertiary/aromatic N) is 3. The van der Waals surface area contributed by atoms with Gasteiger partial charge in [-0.05, 0) is 12.0 Å². The summed E-state index contributed by atoms with van der Waals surface area (Å²) in [5.74, 6) is 1.47. The maximum atomic E-state index is 12.2. The van der Waals surface area contributed by atoms with E-state index in [2.05, 4.69) is 22.3 Å². The summed E-state index contributed by atoms with van der Waals surface area (Å²) in [5.41, 5.74) is 1.11. The van der Waals surface area contributed by atoms with Crippen LogP contribution in [0.2, 0.25) is 0 Å². The summed E-state index contributed by atoms with van der Waals surface area (Å²) in [6, 6.07) is 10.2. The number of carbonyl (C=O) groups excluding carboxylic acids is 1. The van der Waals surface area contributed by atoms with Crippen LogP contribution in [0.5, 0.6) is 0 Å². The van der Waals surface area contributed by atoms with Crippen molar-refractivity contribution in [1.82, 2.24) is 15.0 Å². The normalized spacial score (nSPS) is 18.7. The van der Waals surface area contributed by atoms with E-state index in [1.165, 1.54) is 5.56 Å². The topological polar surface area (TPSA) is 59.2 Å². The first kappa shape index (κ1) is 15.7. The first-order valence-corrected chi connectivity index (χ1v) is 8.09. The second kappa shape index (κ2) is 6.14. The van der Waals surface area contributed by atoms with Crippen LogP contribution in [0.15, 0.2) is 34.9 Å². The molecule has 1 aliphatic heterocycles. The van der Waals surface area contributed by atoms with Gasteiger partial charge in [0.2, 0.25) is 11.8 Å². The van der Waals surface area contributed by atoms with E-state index >= 15 is 0 Å². The van der Waals surface area contributed by atoms with Crippen LogP contribution in [-0.4, -0.2) is 34.0 Å². The first-order chi connectivity index (χ1) is 10.9. The van der Waals surface area contributed by atoms with Gasteiger partial charge in [0.15, 0.2) is 5.82 Å². The van der Waals surface area contributed by atoms with Gasteiger partial charge in [-0.1, -0.05) is 56.3 Å². The highest BCUT2D eigenvalue weighted by Gasteiger charge is 2.34. The molecule has 2 aromatic rings. The fraction of sp³-hybridized carbons (Fsp3) is 0.500. The zero-order valence-electron chi connectivity index (χ0n) is 14.0. The summed E-state index contributed by atoms with van der Waals surface area (Å²) in [7, 11) is 0. The van der Waals surface area contributed by atoms with Crippen molar-refractivity contribution in [3.63, 3.8) is 0 Å². The van der Waals surface area contributed by atoms with Crippen LogP contribution in [0, 0.1) is 0 Å². The highest BCUT2D eigenvalue weighted by molar-refractivity contribution is 5.79. The van der Waals surface area contributed by atoms with Crippen LogP contribution < -0.4 is 0 Å². The van der Waals surface area contributed by atoms with E-state index in [1.54, 1.807) is 0 Å². The molecule has 5 nitrogen and oxygen atoms in total. The second-order valence-corrected chi connectivity index (χ2v) is 7.18. The quantitative estimate of drug-likeness (QED) is 0.871. The Balaban J connectivity index is 1.62.